The van der Waals surface area contributed by atoms with E-state index in [0.29, 0.717) is 19.4 Å². The van der Waals surface area contributed by atoms with Gasteiger partial charge in [0.05, 0.1) is 0 Å². The first-order valence-electron chi connectivity index (χ1n) is 7.94. The second-order valence-electron chi connectivity index (χ2n) is 5.76. The number of amides is 2. The Bertz CT molecular complexity index is 680. The van der Waals surface area contributed by atoms with E-state index in [4.69, 9.17) is 0 Å². The van der Waals surface area contributed by atoms with Crippen molar-refractivity contribution in [3.05, 3.63) is 60.2 Å². The summed E-state index contributed by atoms with van der Waals surface area (Å²) in [5.74, 6) is -0.126. The third-order valence-electron chi connectivity index (χ3n) is 4.09. The van der Waals surface area contributed by atoms with Crippen LogP contribution in [0.3, 0.4) is 0 Å². The van der Waals surface area contributed by atoms with Crippen LogP contribution in [0.2, 0.25) is 0 Å². The lowest BCUT2D eigenvalue weighted by molar-refractivity contribution is -0.125. The fourth-order valence-electron chi connectivity index (χ4n) is 2.76. The van der Waals surface area contributed by atoms with Gasteiger partial charge in [-0.05, 0) is 29.5 Å². The number of carbonyl (C=O) groups is 2. The van der Waals surface area contributed by atoms with Crippen LogP contribution in [0.1, 0.15) is 18.4 Å². The number of nitrogens with one attached hydrogen (secondary N) is 2. The maximum Gasteiger partial charge on any atom is 0.242 e. The largest absolute Gasteiger partial charge is 0.354 e. The van der Waals surface area contributed by atoms with Crippen molar-refractivity contribution in [3.8, 4) is 11.1 Å². The van der Waals surface area contributed by atoms with Crippen LogP contribution < -0.4 is 10.6 Å². The highest BCUT2D eigenvalue weighted by Crippen LogP contribution is 2.19. The highest BCUT2D eigenvalue weighted by Gasteiger charge is 2.26. The van der Waals surface area contributed by atoms with Gasteiger partial charge in [-0.3, -0.25) is 9.59 Å². The molecular weight excluding hydrogens is 288 g/mol. The number of rotatable bonds is 5. The summed E-state index contributed by atoms with van der Waals surface area (Å²) >= 11 is 0. The molecule has 4 nitrogen and oxygen atoms in total. The Morgan fingerprint density at radius 1 is 1.04 bits per heavy atom. The second-order valence-corrected chi connectivity index (χ2v) is 5.76. The van der Waals surface area contributed by atoms with Gasteiger partial charge in [0.2, 0.25) is 11.8 Å². The minimum Gasteiger partial charge on any atom is -0.354 e. The summed E-state index contributed by atoms with van der Waals surface area (Å²) < 4.78 is 0. The molecule has 2 N–H and O–H groups in total. The predicted octanol–water partition coefficient (Wildman–Crippen LogP) is 2.29. The average molecular weight is 308 g/mol. The minimum atomic E-state index is -0.358. The molecule has 23 heavy (non-hydrogen) atoms. The summed E-state index contributed by atoms with van der Waals surface area (Å²) in [5.41, 5.74) is 3.57. The number of carbonyl (C=O) groups excluding carboxylic acids is 2. The monoisotopic (exact) mass is 308 g/mol. The lowest BCUT2D eigenvalue weighted by Crippen LogP contribution is -2.42. The molecule has 2 amide bonds. The molecule has 0 bridgehead atoms. The van der Waals surface area contributed by atoms with E-state index in [1.165, 1.54) is 16.7 Å². The molecule has 1 unspecified atom stereocenters. The van der Waals surface area contributed by atoms with Crippen LogP contribution in [0.25, 0.3) is 11.1 Å². The third-order valence-corrected chi connectivity index (χ3v) is 4.09. The van der Waals surface area contributed by atoms with Crippen LogP contribution in [0, 0.1) is 0 Å². The van der Waals surface area contributed by atoms with Gasteiger partial charge >= 0.3 is 0 Å². The number of hydrogen-bond donors (Lipinski definition) is 2. The molecule has 0 aliphatic carbocycles. The Morgan fingerprint density at radius 2 is 1.74 bits per heavy atom. The van der Waals surface area contributed by atoms with Crippen LogP contribution in [-0.2, 0) is 16.0 Å². The van der Waals surface area contributed by atoms with E-state index in [9.17, 15) is 9.59 Å². The molecule has 1 saturated heterocycles. The van der Waals surface area contributed by atoms with Crippen LogP contribution >= 0.6 is 0 Å². The van der Waals surface area contributed by atoms with Crippen LogP contribution in [0.15, 0.2) is 54.6 Å². The van der Waals surface area contributed by atoms with Crippen molar-refractivity contribution < 1.29 is 9.59 Å². The number of hydrogen-bond acceptors (Lipinski definition) is 2. The first kappa shape index (κ1) is 15.3. The molecule has 2 aromatic rings. The maximum absolute atomic E-state index is 11.9. The lowest BCUT2D eigenvalue weighted by atomic mass is 10.0. The van der Waals surface area contributed by atoms with Crippen molar-refractivity contribution in [1.82, 2.24) is 10.6 Å². The van der Waals surface area contributed by atoms with E-state index in [0.717, 1.165) is 6.42 Å². The Hall–Kier alpha value is -2.62. The van der Waals surface area contributed by atoms with E-state index in [-0.39, 0.29) is 17.9 Å². The highest BCUT2D eigenvalue weighted by atomic mass is 16.2. The quantitative estimate of drug-likeness (QED) is 0.890. The van der Waals surface area contributed by atoms with Crippen LogP contribution in [0.4, 0.5) is 0 Å². The molecule has 0 spiro atoms. The van der Waals surface area contributed by atoms with Crippen molar-refractivity contribution in [2.24, 2.45) is 0 Å². The molecule has 2 aromatic carbocycles. The maximum atomic E-state index is 11.9. The van der Waals surface area contributed by atoms with Gasteiger partial charge in [0.15, 0.2) is 0 Å². The van der Waals surface area contributed by atoms with Gasteiger partial charge in [-0.15, -0.1) is 0 Å². The molecule has 1 aliphatic heterocycles. The highest BCUT2D eigenvalue weighted by molar-refractivity contribution is 5.90. The van der Waals surface area contributed by atoms with E-state index < -0.39 is 0 Å². The molecular formula is C19H20N2O2. The van der Waals surface area contributed by atoms with Crippen molar-refractivity contribution in [2.45, 2.75) is 25.3 Å². The zero-order valence-corrected chi connectivity index (χ0v) is 12.9. The number of benzene rings is 2. The summed E-state index contributed by atoms with van der Waals surface area (Å²) in [6, 6.07) is 18.3. The summed E-state index contributed by atoms with van der Waals surface area (Å²) in [7, 11) is 0. The lowest BCUT2D eigenvalue weighted by Gasteiger charge is -2.11. The molecule has 1 atom stereocenters. The molecule has 0 aromatic heterocycles. The molecule has 0 radical (unpaired) electrons. The molecule has 4 heteroatoms. The first-order chi connectivity index (χ1) is 11.2. The molecule has 1 aliphatic rings. The topological polar surface area (TPSA) is 58.2 Å². The first-order valence-corrected chi connectivity index (χ1v) is 7.94. The van der Waals surface area contributed by atoms with E-state index >= 15 is 0 Å². The average Bonchev–Trinajstić information content (AvgIpc) is 3.03. The predicted molar refractivity (Wildman–Crippen MR) is 89.8 cm³/mol. The van der Waals surface area contributed by atoms with Gasteiger partial charge in [0.25, 0.3) is 0 Å². The van der Waals surface area contributed by atoms with Gasteiger partial charge in [0.1, 0.15) is 6.04 Å². The van der Waals surface area contributed by atoms with Crippen molar-refractivity contribution in [2.75, 3.05) is 6.54 Å². The van der Waals surface area contributed by atoms with E-state index in [1.54, 1.807) is 0 Å². The summed E-state index contributed by atoms with van der Waals surface area (Å²) in [4.78, 5) is 23.0. The van der Waals surface area contributed by atoms with Crippen molar-refractivity contribution in [1.29, 1.82) is 0 Å². The zero-order valence-electron chi connectivity index (χ0n) is 12.9. The zero-order chi connectivity index (χ0) is 16.1. The summed E-state index contributed by atoms with van der Waals surface area (Å²) in [6.07, 6.45) is 1.82. The fraction of sp³-hybridized carbons (Fsp3) is 0.263. The fourth-order valence-corrected chi connectivity index (χ4v) is 2.76. The van der Waals surface area contributed by atoms with Crippen molar-refractivity contribution >= 4 is 11.8 Å². The van der Waals surface area contributed by atoms with Gasteiger partial charge in [0, 0.05) is 13.0 Å². The Balaban J connectivity index is 1.49. The molecule has 3 rings (SSSR count). The standard InChI is InChI=1S/C19H20N2O2/c22-18-11-10-17(21-18)19(23)20-13-12-14-6-8-16(9-7-14)15-4-2-1-3-5-15/h1-9,17H,10-13H2,(H,20,23)(H,21,22). The minimum absolute atomic E-state index is 0.0401. The molecule has 118 valence electrons. The summed E-state index contributed by atoms with van der Waals surface area (Å²) in [6.45, 7) is 0.579. The molecule has 0 saturated carbocycles. The SMILES string of the molecule is O=C1CCC(C(=O)NCCc2ccc(-c3ccccc3)cc2)N1. The molecule has 1 heterocycles. The normalized spacial score (nSPS) is 16.9. The van der Waals surface area contributed by atoms with Gasteiger partial charge in [-0.2, -0.15) is 0 Å². The van der Waals surface area contributed by atoms with Gasteiger partial charge in [-0.1, -0.05) is 54.6 Å². The Morgan fingerprint density at radius 3 is 2.39 bits per heavy atom. The van der Waals surface area contributed by atoms with Gasteiger partial charge in [-0.25, -0.2) is 0 Å². The Labute approximate surface area is 135 Å². The smallest absolute Gasteiger partial charge is 0.242 e. The van der Waals surface area contributed by atoms with Gasteiger partial charge < -0.3 is 10.6 Å². The van der Waals surface area contributed by atoms with Crippen molar-refractivity contribution in [3.63, 3.8) is 0 Å². The summed E-state index contributed by atoms with van der Waals surface area (Å²) in [5, 5.41) is 5.56. The molecule has 1 fully saturated rings. The van der Waals surface area contributed by atoms with Crippen LogP contribution in [0.5, 0.6) is 0 Å². The van der Waals surface area contributed by atoms with E-state index in [2.05, 4.69) is 47.0 Å². The second kappa shape index (κ2) is 7.09. The Kier molecular flexibility index (Phi) is 4.71. The third kappa shape index (κ3) is 3.97. The van der Waals surface area contributed by atoms with E-state index in [1.807, 2.05) is 18.2 Å². The van der Waals surface area contributed by atoms with Crippen LogP contribution in [-0.4, -0.2) is 24.4 Å².